The van der Waals surface area contributed by atoms with Crippen LogP contribution in [-0.4, -0.2) is 27.2 Å². The Hall–Kier alpha value is -1.83. The number of hydrogen-bond donors (Lipinski definition) is 2. The van der Waals surface area contributed by atoms with Crippen molar-refractivity contribution in [2.75, 3.05) is 13.7 Å². The fourth-order valence-electron chi connectivity index (χ4n) is 1.81. The minimum atomic E-state index is -3.62. The molecule has 0 amide bonds. The van der Waals surface area contributed by atoms with Gasteiger partial charge in [0, 0.05) is 18.2 Å². The van der Waals surface area contributed by atoms with E-state index < -0.39 is 16.1 Å². The predicted molar refractivity (Wildman–Crippen MR) is 76.5 cm³/mol. The number of methoxy groups -OCH3 is 1. The van der Waals surface area contributed by atoms with E-state index in [2.05, 4.69) is 4.72 Å². The molecule has 0 spiro atoms. The number of hydrogen-bond acceptors (Lipinski definition) is 5. The van der Waals surface area contributed by atoms with E-state index in [0.717, 1.165) is 0 Å². The van der Waals surface area contributed by atoms with Gasteiger partial charge in [0.05, 0.1) is 30.6 Å². The third-order valence-electron chi connectivity index (χ3n) is 2.99. The van der Waals surface area contributed by atoms with Gasteiger partial charge >= 0.3 is 0 Å². The molecule has 0 aliphatic carbocycles. The van der Waals surface area contributed by atoms with Crippen molar-refractivity contribution in [1.82, 2.24) is 4.72 Å². The smallest absolute Gasteiger partial charge is 0.240 e. The van der Waals surface area contributed by atoms with Crippen LogP contribution in [0.15, 0.2) is 52.2 Å². The van der Waals surface area contributed by atoms with Crippen LogP contribution in [-0.2, 0) is 10.0 Å². The zero-order valence-corrected chi connectivity index (χ0v) is 12.3. The van der Waals surface area contributed by atoms with Crippen LogP contribution in [0.4, 0.5) is 0 Å². The molecule has 0 bridgehead atoms. The minimum absolute atomic E-state index is 0.117. The first-order chi connectivity index (χ1) is 10.0. The van der Waals surface area contributed by atoms with Crippen LogP contribution >= 0.6 is 0 Å². The van der Waals surface area contributed by atoms with E-state index in [0.29, 0.717) is 11.3 Å². The minimum Gasteiger partial charge on any atom is -0.497 e. The summed E-state index contributed by atoms with van der Waals surface area (Å²) in [5, 5.41) is 9.84. The lowest BCUT2D eigenvalue weighted by Crippen LogP contribution is -2.25. The first kappa shape index (κ1) is 15.6. The molecule has 0 aliphatic rings. The summed E-state index contributed by atoms with van der Waals surface area (Å²) in [6, 6.07) is 7.84. The highest BCUT2D eigenvalue weighted by atomic mass is 32.2. The zero-order chi connectivity index (χ0) is 15.3. The number of benzene rings is 1. The van der Waals surface area contributed by atoms with Crippen LogP contribution in [0.25, 0.3) is 0 Å². The molecule has 1 heterocycles. The Bertz CT molecular complexity index is 666. The number of aliphatic hydroxyl groups excluding tert-OH is 1. The van der Waals surface area contributed by atoms with Gasteiger partial charge in [-0.1, -0.05) is 6.07 Å². The zero-order valence-electron chi connectivity index (χ0n) is 11.5. The van der Waals surface area contributed by atoms with Gasteiger partial charge in [0.15, 0.2) is 0 Å². The Morgan fingerprint density at radius 2 is 2.19 bits per heavy atom. The standard InChI is InChI=1S/C14H17NO5S/c1-19-12-3-2-4-13(9-12)21(17,18)15-7-5-14(16)11-6-8-20-10-11/h2-4,6,8-10,14-16H,5,7H2,1H3. The quantitative estimate of drug-likeness (QED) is 0.812. The molecule has 2 N–H and O–H groups in total. The number of rotatable bonds is 7. The van der Waals surface area contributed by atoms with Crippen molar-refractivity contribution < 1.29 is 22.7 Å². The molecule has 0 aliphatic heterocycles. The number of sulfonamides is 1. The Kier molecular flexibility index (Phi) is 5.00. The Labute approximate surface area is 123 Å². The summed E-state index contributed by atoms with van der Waals surface area (Å²) in [6.45, 7) is 0.117. The van der Waals surface area contributed by atoms with Crippen LogP contribution in [0.1, 0.15) is 18.1 Å². The van der Waals surface area contributed by atoms with E-state index in [-0.39, 0.29) is 17.9 Å². The monoisotopic (exact) mass is 311 g/mol. The molecule has 0 saturated carbocycles. The first-order valence-electron chi connectivity index (χ1n) is 6.37. The Morgan fingerprint density at radius 3 is 2.86 bits per heavy atom. The van der Waals surface area contributed by atoms with Gasteiger partial charge in [-0.05, 0) is 24.6 Å². The van der Waals surface area contributed by atoms with Crippen LogP contribution in [0.3, 0.4) is 0 Å². The third kappa shape index (κ3) is 4.07. The van der Waals surface area contributed by atoms with E-state index in [1.165, 1.54) is 31.8 Å². The van der Waals surface area contributed by atoms with Crippen LogP contribution in [0.2, 0.25) is 0 Å². The van der Waals surface area contributed by atoms with Crippen LogP contribution < -0.4 is 9.46 Å². The lowest BCUT2D eigenvalue weighted by molar-refractivity contribution is 0.168. The molecule has 1 atom stereocenters. The first-order valence-corrected chi connectivity index (χ1v) is 7.85. The third-order valence-corrected chi connectivity index (χ3v) is 4.45. The molecular formula is C14H17NO5S. The molecule has 7 heteroatoms. The lowest BCUT2D eigenvalue weighted by Gasteiger charge is -2.10. The number of furan rings is 1. The van der Waals surface area contributed by atoms with Gasteiger partial charge in [0.25, 0.3) is 0 Å². The van der Waals surface area contributed by atoms with Crippen molar-refractivity contribution in [3.8, 4) is 5.75 Å². The van der Waals surface area contributed by atoms with E-state index >= 15 is 0 Å². The van der Waals surface area contributed by atoms with Gasteiger partial charge in [-0.3, -0.25) is 0 Å². The van der Waals surface area contributed by atoms with E-state index in [9.17, 15) is 13.5 Å². The van der Waals surface area contributed by atoms with Gasteiger partial charge in [0.2, 0.25) is 10.0 Å². The highest BCUT2D eigenvalue weighted by Gasteiger charge is 2.16. The predicted octanol–water partition coefficient (Wildman–Crippen LogP) is 1.69. The van der Waals surface area contributed by atoms with Gasteiger partial charge in [-0.2, -0.15) is 0 Å². The van der Waals surface area contributed by atoms with Crippen molar-refractivity contribution in [3.05, 3.63) is 48.4 Å². The van der Waals surface area contributed by atoms with Crippen molar-refractivity contribution in [1.29, 1.82) is 0 Å². The highest BCUT2D eigenvalue weighted by molar-refractivity contribution is 7.89. The molecule has 1 aromatic carbocycles. The molecule has 0 saturated heterocycles. The molecule has 0 fully saturated rings. The maximum Gasteiger partial charge on any atom is 0.240 e. The van der Waals surface area contributed by atoms with E-state index in [4.69, 9.17) is 9.15 Å². The Morgan fingerprint density at radius 1 is 1.38 bits per heavy atom. The maximum absolute atomic E-state index is 12.1. The Balaban J connectivity index is 1.95. The molecule has 6 nitrogen and oxygen atoms in total. The molecule has 1 aromatic heterocycles. The SMILES string of the molecule is COc1cccc(S(=O)(=O)NCCC(O)c2ccoc2)c1. The second kappa shape index (κ2) is 6.75. The fourth-order valence-corrected chi connectivity index (χ4v) is 2.90. The molecule has 2 rings (SSSR count). The molecule has 0 radical (unpaired) electrons. The molecule has 1 unspecified atom stereocenters. The second-order valence-corrected chi connectivity index (χ2v) is 6.20. The summed E-state index contributed by atoms with van der Waals surface area (Å²) in [6.07, 6.45) is 2.37. The normalized spacial score (nSPS) is 13.0. The fraction of sp³-hybridized carbons (Fsp3) is 0.286. The summed E-state index contributed by atoms with van der Waals surface area (Å²) in [4.78, 5) is 0.125. The average Bonchev–Trinajstić information content (AvgIpc) is 3.01. The maximum atomic E-state index is 12.1. The van der Waals surface area contributed by atoms with Crippen LogP contribution in [0.5, 0.6) is 5.75 Å². The van der Waals surface area contributed by atoms with E-state index in [1.807, 2.05) is 0 Å². The summed E-state index contributed by atoms with van der Waals surface area (Å²) in [7, 11) is -2.15. The van der Waals surface area contributed by atoms with Gasteiger partial charge < -0.3 is 14.3 Å². The second-order valence-electron chi connectivity index (χ2n) is 4.44. The number of nitrogens with one attached hydrogen (secondary N) is 1. The number of aliphatic hydroxyl groups is 1. The molecular weight excluding hydrogens is 294 g/mol. The van der Waals surface area contributed by atoms with Crippen molar-refractivity contribution in [2.45, 2.75) is 17.4 Å². The summed E-state index contributed by atoms with van der Waals surface area (Å²) in [5.74, 6) is 0.469. The van der Waals surface area contributed by atoms with Gasteiger partial charge in [-0.15, -0.1) is 0 Å². The molecule has 114 valence electrons. The molecule has 21 heavy (non-hydrogen) atoms. The largest absolute Gasteiger partial charge is 0.497 e. The molecule has 2 aromatic rings. The van der Waals surface area contributed by atoms with Gasteiger partial charge in [-0.25, -0.2) is 13.1 Å². The van der Waals surface area contributed by atoms with Gasteiger partial charge in [0.1, 0.15) is 5.75 Å². The lowest BCUT2D eigenvalue weighted by atomic mass is 10.1. The average molecular weight is 311 g/mol. The van der Waals surface area contributed by atoms with Crippen LogP contribution in [0, 0.1) is 0 Å². The summed E-state index contributed by atoms with van der Waals surface area (Å²) in [5.41, 5.74) is 0.621. The van der Waals surface area contributed by atoms with Crippen molar-refractivity contribution in [2.24, 2.45) is 0 Å². The summed E-state index contributed by atoms with van der Waals surface area (Å²) < 4.78 is 36.5. The number of ether oxygens (including phenoxy) is 1. The van der Waals surface area contributed by atoms with E-state index in [1.54, 1.807) is 18.2 Å². The van der Waals surface area contributed by atoms with Crippen molar-refractivity contribution in [3.63, 3.8) is 0 Å². The topological polar surface area (TPSA) is 88.8 Å². The highest BCUT2D eigenvalue weighted by Crippen LogP contribution is 2.18. The van der Waals surface area contributed by atoms with Crippen molar-refractivity contribution >= 4 is 10.0 Å². The summed E-state index contributed by atoms with van der Waals surface area (Å²) >= 11 is 0.